The van der Waals surface area contributed by atoms with Gasteiger partial charge in [-0.15, -0.1) is 22.7 Å². The third kappa shape index (κ3) is 4.20. The van der Waals surface area contributed by atoms with Crippen LogP contribution in [0, 0.1) is 0 Å². The van der Waals surface area contributed by atoms with Gasteiger partial charge < -0.3 is 4.90 Å². The summed E-state index contributed by atoms with van der Waals surface area (Å²) in [5.74, 6) is 0.0965. The summed E-state index contributed by atoms with van der Waals surface area (Å²) in [5, 5.41) is 7.05. The predicted octanol–water partition coefficient (Wildman–Crippen LogP) is 5.18. The zero-order chi connectivity index (χ0) is 16.2. The van der Waals surface area contributed by atoms with Crippen molar-refractivity contribution in [2.45, 2.75) is 19.9 Å². The maximum absolute atomic E-state index is 12.5. The molecule has 0 aliphatic rings. The Morgan fingerprint density at radius 2 is 2.17 bits per heavy atom. The predicted molar refractivity (Wildman–Crippen MR) is 99.6 cm³/mol. The topological polar surface area (TPSA) is 33.2 Å². The Morgan fingerprint density at radius 1 is 1.30 bits per heavy atom. The molecule has 0 bridgehead atoms. The first-order chi connectivity index (χ1) is 11.2. The van der Waals surface area contributed by atoms with Gasteiger partial charge in [-0.3, -0.25) is 4.79 Å². The van der Waals surface area contributed by atoms with E-state index in [1.165, 1.54) is 11.3 Å². The summed E-state index contributed by atoms with van der Waals surface area (Å²) in [6.45, 7) is 3.27. The monoisotopic (exact) mass is 382 g/mol. The van der Waals surface area contributed by atoms with Gasteiger partial charge in [-0.25, -0.2) is 4.98 Å². The van der Waals surface area contributed by atoms with Crippen LogP contribution in [0.2, 0.25) is 4.34 Å². The summed E-state index contributed by atoms with van der Waals surface area (Å²) in [7, 11) is 0. The molecule has 0 unspecified atom stereocenters. The van der Waals surface area contributed by atoms with Gasteiger partial charge in [0.05, 0.1) is 23.0 Å². The minimum Gasteiger partial charge on any atom is -0.337 e. The van der Waals surface area contributed by atoms with Crippen molar-refractivity contribution in [3.63, 3.8) is 0 Å². The van der Waals surface area contributed by atoms with Gasteiger partial charge in [0.25, 0.3) is 0 Å². The largest absolute Gasteiger partial charge is 0.337 e. The fourth-order valence-corrected chi connectivity index (χ4v) is 4.81. The lowest BCUT2D eigenvalue weighted by Crippen LogP contribution is -2.31. The molecule has 3 rings (SSSR count). The molecular weight excluding hydrogens is 368 g/mol. The van der Waals surface area contributed by atoms with Crippen molar-refractivity contribution in [3.05, 3.63) is 49.2 Å². The zero-order valence-electron chi connectivity index (χ0n) is 12.5. The molecule has 0 radical (unpaired) electrons. The quantitative estimate of drug-likeness (QED) is 0.588. The standard InChI is InChI=1S/C16H15ClN2OS3/c1-2-19(8-13-3-4-14(17)23-13)15(20)7-12-10-22-16(18-12)11-5-6-21-9-11/h3-6,9-10H,2,7-8H2,1H3. The van der Waals surface area contributed by atoms with E-state index in [1.807, 2.05) is 40.8 Å². The molecule has 0 aliphatic carbocycles. The molecule has 0 fully saturated rings. The molecule has 3 aromatic heterocycles. The molecule has 1 amide bonds. The van der Waals surface area contributed by atoms with Crippen LogP contribution in [0.3, 0.4) is 0 Å². The maximum atomic E-state index is 12.5. The number of hydrogen-bond acceptors (Lipinski definition) is 5. The van der Waals surface area contributed by atoms with Crippen LogP contribution >= 0.6 is 45.6 Å². The molecule has 23 heavy (non-hydrogen) atoms. The van der Waals surface area contributed by atoms with E-state index in [0.29, 0.717) is 19.5 Å². The highest BCUT2D eigenvalue weighted by Gasteiger charge is 2.16. The average Bonchev–Trinajstić information content (AvgIpc) is 3.25. The number of rotatable bonds is 6. The lowest BCUT2D eigenvalue weighted by molar-refractivity contribution is -0.130. The van der Waals surface area contributed by atoms with Crippen LogP contribution in [0.1, 0.15) is 17.5 Å². The second-order valence-electron chi connectivity index (χ2n) is 4.95. The Balaban J connectivity index is 1.65. The van der Waals surface area contributed by atoms with E-state index in [0.717, 1.165) is 25.5 Å². The minimum atomic E-state index is 0.0965. The van der Waals surface area contributed by atoms with Gasteiger partial charge in [0.15, 0.2) is 0 Å². The molecule has 0 aromatic carbocycles. The van der Waals surface area contributed by atoms with Gasteiger partial charge in [-0.05, 0) is 30.5 Å². The van der Waals surface area contributed by atoms with Crippen molar-refractivity contribution in [2.75, 3.05) is 6.54 Å². The van der Waals surface area contributed by atoms with Crippen LogP contribution in [-0.4, -0.2) is 22.3 Å². The molecule has 3 aromatic rings. The Labute approximate surface area is 152 Å². The number of nitrogens with zero attached hydrogens (tertiary/aromatic N) is 2. The molecular formula is C16H15ClN2OS3. The minimum absolute atomic E-state index is 0.0965. The maximum Gasteiger partial charge on any atom is 0.228 e. The van der Waals surface area contributed by atoms with E-state index in [-0.39, 0.29) is 5.91 Å². The summed E-state index contributed by atoms with van der Waals surface area (Å²) in [5.41, 5.74) is 1.96. The van der Waals surface area contributed by atoms with Crippen molar-refractivity contribution in [3.8, 4) is 10.6 Å². The second-order valence-corrected chi connectivity index (χ2v) is 8.38. The van der Waals surface area contributed by atoms with Crippen LogP contribution in [0.4, 0.5) is 0 Å². The van der Waals surface area contributed by atoms with Gasteiger partial charge in [-0.2, -0.15) is 11.3 Å². The van der Waals surface area contributed by atoms with Crippen molar-refractivity contribution in [1.29, 1.82) is 0 Å². The van der Waals surface area contributed by atoms with Crippen molar-refractivity contribution in [2.24, 2.45) is 0 Å². The highest BCUT2D eigenvalue weighted by Crippen LogP contribution is 2.26. The number of amides is 1. The molecule has 0 atom stereocenters. The highest BCUT2D eigenvalue weighted by molar-refractivity contribution is 7.16. The van der Waals surface area contributed by atoms with E-state index < -0.39 is 0 Å². The molecule has 120 valence electrons. The van der Waals surface area contributed by atoms with Crippen LogP contribution < -0.4 is 0 Å². The third-order valence-corrected chi connectivity index (χ3v) is 6.20. The van der Waals surface area contributed by atoms with Crippen molar-refractivity contribution < 1.29 is 4.79 Å². The SMILES string of the molecule is CCN(Cc1ccc(Cl)s1)C(=O)Cc1csc(-c2ccsc2)n1. The third-order valence-electron chi connectivity index (χ3n) is 3.36. The smallest absolute Gasteiger partial charge is 0.228 e. The summed E-state index contributed by atoms with van der Waals surface area (Å²) >= 11 is 10.7. The molecule has 3 heterocycles. The lowest BCUT2D eigenvalue weighted by Gasteiger charge is -2.19. The van der Waals surface area contributed by atoms with Gasteiger partial charge in [0.2, 0.25) is 5.91 Å². The zero-order valence-corrected chi connectivity index (χ0v) is 15.7. The first-order valence-corrected chi connectivity index (χ1v) is 10.2. The number of halogens is 1. The summed E-state index contributed by atoms with van der Waals surface area (Å²) in [4.78, 5) is 20.0. The van der Waals surface area contributed by atoms with Crippen LogP contribution in [0.5, 0.6) is 0 Å². The van der Waals surface area contributed by atoms with E-state index in [9.17, 15) is 4.79 Å². The molecule has 0 aliphatic heterocycles. The summed E-state index contributed by atoms with van der Waals surface area (Å²) in [6.07, 6.45) is 0.341. The lowest BCUT2D eigenvalue weighted by atomic mass is 10.3. The molecule has 0 spiro atoms. The van der Waals surface area contributed by atoms with Crippen LogP contribution in [0.15, 0.2) is 34.3 Å². The molecule has 0 saturated heterocycles. The highest BCUT2D eigenvalue weighted by atomic mass is 35.5. The Bertz CT molecular complexity index is 779. The fourth-order valence-electron chi connectivity index (χ4n) is 2.17. The van der Waals surface area contributed by atoms with E-state index in [2.05, 4.69) is 10.4 Å². The van der Waals surface area contributed by atoms with Crippen LogP contribution in [-0.2, 0) is 17.8 Å². The Morgan fingerprint density at radius 3 is 2.83 bits per heavy atom. The molecule has 0 N–H and O–H groups in total. The average molecular weight is 383 g/mol. The van der Waals surface area contributed by atoms with E-state index in [1.54, 1.807) is 22.7 Å². The second kappa shape index (κ2) is 7.57. The van der Waals surface area contributed by atoms with Gasteiger partial charge in [0.1, 0.15) is 5.01 Å². The summed E-state index contributed by atoms with van der Waals surface area (Å²) < 4.78 is 0.753. The van der Waals surface area contributed by atoms with E-state index >= 15 is 0 Å². The van der Waals surface area contributed by atoms with E-state index in [4.69, 9.17) is 11.6 Å². The first-order valence-electron chi connectivity index (χ1n) is 7.14. The number of carbonyl (C=O) groups excluding carboxylic acids is 1. The number of hydrogen-bond donors (Lipinski definition) is 0. The van der Waals surface area contributed by atoms with Crippen LogP contribution in [0.25, 0.3) is 10.6 Å². The number of carbonyl (C=O) groups is 1. The van der Waals surface area contributed by atoms with Gasteiger partial charge in [-0.1, -0.05) is 11.6 Å². The molecule has 3 nitrogen and oxygen atoms in total. The Kier molecular flexibility index (Phi) is 5.48. The number of thiazole rings is 1. The number of thiophene rings is 2. The first kappa shape index (κ1) is 16.6. The normalized spacial score (nSPS) is 10.9. The van der Waals surface area contributed by atoms with Crippen molar-refractivity contribution in [1.82, 2.24) is 9.88 Å². The fraction of sp³-hybridized carbons (Fsp3) is 0.250. The van der Waals surface area contributed by atoms with Gasteiger partial charge >= 0.3 is 0 Å². The van der Waals surface area contributed by atoms with Gasteiger partial charge in [0, 0.05) is 27.7 Å². The van der Waals surface area contributed by atoms with Crippen molar-refractivity contribution >= 4 is 51.5 Å². The number of aromatic nitrogens is 1. The molecule has 7 heteroatoms. The number of likely N-dealkylation sites (N-methyl/N-ethyl adjacent to an activating group) is 1. The Hall–Kier alpha value is -1.21. The molecule has 0 saturated carbocycles. The summed E-state index contributed by atoms with van der Waals surface area (Å²) in [6, 6.07) is 5.89.